The fourth-order valence-corrected chi connectivity index (χ4v) is 3.61. The number of hydrogen-bond donors (Lipinski definition) is 1. The van der Waals surface area contributed by atoms with Crippen molar-refractivity contribution in [3.63, 3.8) is 0 Å². The molecule has 0 aliphatic rings. The third-order valence-electron chi connectivity index (χ3n) is 5.23. The smallest absolute Gasteiger partial charge is 0.338 e. The number of esters is 1. The second-order valence-corrected chi connectivity index (χ2v) is 7.24. The van der Waals surface area contributed by atoms with E-state index >= 15 is 0 Å². The fraction of sp³-hybridized carbons (Fsp3) is 0.0870. The van der Waals surface area contributed by atoms with Crippen molar-refractivity contribution in [2.24, 2.45) is 7.05 Å². The molecule has 0 unspecified atom stereocenters. The minimum Gasteiger partial charge on any atom is -0.457 e. The van der Waals surface area contributed by atoms with Gasteiger partial charge in [-0.05, 0) is 36.4 Å². The van der Waals surface area contributed by atoms with Gasteiger partial charge < -0.3 is 9.72 Å². The summed E-state index contributed by atoms with van der Waals surface area (Å²) in [6.07, 6.45) is 0. The van der Waals surface area contributed by atoms with E-state index in [0.717, 1.165) is 15.6 Å². The van der Waals surface area contributed by atoms with Gasteiger partial charge in [0, 0.05) is 12.6 Å². The number of aromatic nitrogens is 5. The molecule has 0 aliphatic heterocycles. The van der Waals surface area contributed by atoms with Crippen molar-refractivity contribution in [3.05, 3.63) is 98.7 Å². The molecule has 0 bridgehead atoms. The lowest BCUT2D eigenvalue weighted by atomic mass is 10.1. The highest BCUT2D eigenvalue weighted by molar-refractivity contribution is 5.94. The third kappa shape index (κ3) is 3.25. The number of carbonyl (C=O) groups excluding carboxylic acids is 1. The quantitative estimate of drug-likeness (QED) is 0.441. The Morgan fingerprint density at radius 1 is 1.03 bits per heavy atom. The zero-order valence-corrected chi connectivity index (χ0v) is 17.0. The summed E-state index contributed by atoms with van der Waals surface area (Å²) in [6.45, 7) is 0.0129. The highest BCUT2D eigenvalue weighted by atomic mass is 16.5. The summed E-state index contributed by atoms with van der Waals surface area (Å²) >= 11 is 0. The number of carbonyl (C=O) groups is 1. The van der Waals surface area contributed by atoms with E-state index < -0.39 is 17.2 Å². The molecule has 0 fully saturated rings. The number of para-hydroxylation sites is 1. The largest absolute Gasteiger partial charge is 0.457 e. The SMILES string of the molecule is Cn1nnc2c(COC(=O)c3ccc4c(=O)n(-c5ccccc5)c(=O)[nH]c4c3)cccc21. The molecular formula is C23H17N5O4. The second kappa shape index (κ2) is 7.62. The van der Waals surface area contributed by atoms with Crippen molar-refractivity contribution >= 4 is 27.9 Å². The zero-order valence-electron chi connectivity index (χ0n) is 17.0. The van der Waals surface area contributed by atoms with Gasteiger partial charge >= 0.3 is 11.7 Å². The van der Waals surface area contributed by atoms with E-state index in [4.69, 9.17) is 4.74 Å². The summed E-state index contributed by atoms with van der Waals surface area (Å²) in [5.41, 5.74) is 2.10. The van der Waals surface area contributed by atoms with Gasteiger partial charge in [0.2, 0.25) is 0 Å². The predicted octanol–water partition coefficient (Wildman–Crippen LogP) is 2.32. The number of H-pyrrole nitrogens is 1. The van der Waals surface area contributed by atoms with Gasteiger partial charge in [-0.3, -0.25) is 4.79 Å². The van der Waals surface area contributed by atoms with Gasteiger partial charge in [-0.2, -0.15) is 0 Å². The molecule has 0 saturated heterocycles. The molecule has 1 N–H and O–H groups in total. The molecule has 0 saturated carbocycles. The van der Waals surface area contributed by atoms with Crippen LogP contribution in [0, 0.1) is 0 Å². The maximum Gasteiger partial charge on any atom is 0.338 e. The van der Waals surface area contributed by atoms with Gasteiger partial charge in [-0.15, -0.1) is 5.10 Å². The molecule has 0 spiro atoms. The van der Waals surface area contributed by atoms with Gasteiger partial charge in [0.05, 0.1) is 27.7 Å². The maximum atomic E-state index is 12.9. The van der Waals surface area contributed by atoms with Crippen molar-refractivity contribution in [2.75, 3.05) is 0 Å². The summed E-state index contributed by atoms with van der Waals surface area (Å²) < 4.78 is 8.14. The summed E-state index contributed by atoms with van der Waals surface area (Å²) in [7, 11) is 1.78. The number of aryl methyl sites for hydroxylation is 1. The predicted molar refractivity (Wildman–Crippen MR) is 118 cm³/mol. The summed E-state index contributed by atoms with van der Waals surface area (Å²) in [5.74, 6) is -0.583. The van der Waals surface area contributed by atoms with Crippen LogP contribution in [0.15, 0.2) is 76.3 Å². The van der Waals surface area contributed by atoms with E-state index in [1.165, 1.54) is 18.2 Å². The van der Waals surface area contributed by atoms with E-state index in [0.29, 0.717) is 11.2 Å². The van der Waals surface area contributed by atoms with E-state index in [1.54, 1.807) is 42.1 Å². The molecule has 158 valence electrons. The minimum absolute atomic E-state index is 0.0129. The van der Waals surface area contributed by atoms with E-state index in [9.17, 15) is 14.4 Å². The lowest BCUT2D eigenvalue weighted by Crippen LogP contribution is -2.33. The van der Waals surface area contributed by atoms with Crippen molar-refractivity contribution < 1.29 is 9.53 Å². The Kier molecular flexibility index (Phi) is 4.63. The normalized spacial score (nSPS) is 11.2. The Morgan fingerprint density at radius 3 is 2.66 bits per heavy atom. The number of aromatic amines is 1. The average molecular weight is 427 g/mol. The zero-order chi connectivity index (χ0) is 22.2. The molecular weight excluding hydrogens is 410 g/mol. The molecule has 0 amide bonds. The Balaban J connectivity index is 1.45. The molecule has 9 nitrogen and oxygen atoms in total. The van der Waals surface area contributed by atoms with Gasteiger partial charge in [0.25, 0.3) is 5.56 Å². The van der Waals surface area contributed by atoms with Crippen molar-refractivity contribution in [1.82, 2.24) is 24.5 Å². The number of nitrogens with one attached hydrogen (secondary N) is 1. The van der Waals surface area contributed by atoms with Crippen LogP contribution >= 0.6 is 0 Å². The number of rotatable bonds is 4. The van der Waals surface area contributed by atoms with Crippen LogP contribution in [-0.2, 0) is 18.4 Å². The van der Waals surface area contributed by atoms with E-state index in [2.05, 4.69) is 15.3 Å². The summed E-state index contributed by atoms with van der Waals surface area (Å²) in [5, 5.41) is 8.38. The first-order valence-corrected chi connectivity index (χ1v) is 9.82. The highest BCUT2D eigenvalue weighted by Gasteiger charge is 2.14. The first-order valence-electron chi connectivity index (χ1n) is 9.82. The first-order chi connectivity index (χ1) is 15.5. The third-order valence-corrected chi connectivity index (χ3v) is 5.23. The lowest BCUT2D eigenvalue weighted by Gasteiger charge is -2.08. The van der Waals surface area contributed by atoms with Crippen LogP contribution in [0.25, 0.3) is 27.6 Å². The monoisotopic (exact) mass is 427 g/mol. The van der Waals surface area contributed by atoms with Gasteiger partial charge in [-0.1, -0.05) is 35.5 Å². The average Bonchev–Trinajstić information content (AvgIpc) is 3.19. The standard InChI is InChI=1S/C23H17N5O4/c1-27-19-9-5-6-15(20(19)25-26-27)13-32-22(30)14-10-11-17-18(12-14)24-23(31)28(21(17)29)16-7-3-2-4-8-16/h2-12H,13H2,1H3,(H,24,31). The van der Waals surface area contributed by atoms with E-state index in [1.807, 2.05) is 18.2 Å². The molecule has 5 aromatic rings. The van der Waals surface area contributed by atoms with Crippen LogP contribution in [0.2, 0.25) is 0 Å². The Hall–Kier alpha value is -4.53. The number of nitrogens with zero attached hydrogens (tertiary/aromatic N) is 4. The Bertz CT molecular complexity index is 1600. The molecule has 3 aromatic carbocycles. The first kappa shape index (κ1) is 19.4. The number of ether oxygens (including phenoxy) is 1. The number of fused-ring (bicyclic) bond motifs is 2. The molecule has 9 heteroatoms. The molecule has 2 heterocycles. The fourth-order valence-electron chi connectivity index (χ4n) is 3.61. The van der Waals surface area contributed by atoms with Gasteiger partial charge in [-0.25, -0.2) is 18.8 Å². The molecule has 2 aromatic heterocycles. The number of benzene rings is 3. The summed E-state index contributed by atoms with van der Waals surface area (Å²) in [4.78, 5) is 40.7. The molecule has 0 atom stereocenters. The molecule has 0 aliphatic carbocycles. The van der Waals surface area contributed by atoms with E-state index in [-0.39, 0.29) is 23.1 Å². The Labute approximate surface area is 180 Å². The number of hydrogen-bond acceptors (Lipinski definition) is 6. The topological polar surface area (TPSA) is 112 Å². The molecule has 0 radical (unpaired) electrons. The second-order valence-electron chi connectivity index (χ2n) is 7.24. The van der Waals surface area contributed by atoms with Crippen LogP contribution in [0.1, 0.15) is 15.9 Å². The molecule has 32 heavy (non-hydrogen) atoms. The van der Waals surface area contributed by atoms with Crippen LogP contribution in [0.3, 0.4) is 0 Å². The highest BCUT2D eigenvalue weighted by Crippen LogP contribution is 2.18. The lowest BCUT2D eigenvalue weighted by molar-refractivity contribution is 0.0474. The van der Waals surface area contributed by atoms with Crippen molar-refractivity contribution in [3.8, 4) is 5.69 Å². The van der Waals surface area contributed by atoms with Crippen molar-refractivity contribution in [1.29, 1.82) is 0 Å². The molecule has 5 rings (SSSR count). The van der Waals surface area contributed by atoms with Crippen LogP contribution < -0.4 is 11.2 Å². The van der Waals surface area contributed by atoms with Crippen LogP contribution in [0.4, 0.5) is 0 Å². The summed E-state index contributed by atoms with van der Waals surface area (Å²) in [6, 6.07) is 18.6. The van der Waals surface area contributed by atoms with Crippen LogP contribution in [0.5, 0.6) is 0 Å². The van der Waals surface area contributed by atoms with Gasteiger partial charge in [0.1, 0.15) is 12.1 Å². The maximum absolute atomic E-state index is 12.9. The van der Waals surface area contributed by atoms with Gasteiger partial charge in [0.15, 0.2) is 0 Å². The van der Waals surface area contributed by atoms with Crippen LogP contribution in [-0.4, -0.2) is 30.5 Å². The van der Waals surface area contributed by atoms with Crippen molar-refractivity contribution in [2.45, 2.75) is 6.61 Å². The minimum atomic E-state index is -0.589. The Morgan fingerprint density at radius 2 is 1.84 bits per heavy atom.